The van der Waals surface area contributed by atoms with Crippen LogP contribution in [0.5, 0.6) is 0 Å². The van der Waals surface area contributed by atoms with Gasteiger partial charge in [-0.15, -0.1) is 11.3 Å². The van der Waals surface area contributed by atoms with Crippen molar-refractivity contribution in [1.29, 1.82) is 0 Å². The van der Waals surface area contributed by atoms with Gasteiger partial charge in [-0.1, -0.05) is 6.92 Å². The summed E-state index contributed by atoms with van der Waals surface area (Å²) in [6, 6.07) is 2.38. The summed E-state index contributed by atoms with van der Waals surface area (Å²) < 4.78 is 0. The van der Waals surface area contributed by atoms with Crippen molar-refractivity contribution in [2.45, 2.75) is 32.2 Å². The Morgan fingerprint density at radius 2 is 2.13 bits per heavy atom. The molecule has 0 spiro atoms. The van der Waals surface area contributed by atoms with Crippen LogP contribution in [0.1, 0.15) is 24.6 Å². The second kappa shape index (κ2) is 6.61. The summed E-state index contributed by atoms with van der Waals surface area (Å²) >= 11 is 1.68. The van der Waals surface area contributed by atoms with E-state index in [0.717, 1.165) is 31.6 Å². The van der Waals surface area contributed by atoms with E-state index in [4.69, 9.17) is 0 Å². The highest BCUT2D eigenvalue weighted by atomic mass is 32.1. The molecule has 1 saturated heterocycles. The van der Waals surface area contributed by atoms with Gasteiger partial charge < -0.3 is 14.7 Å². The maximum Gasteiger partial charge on any atom is 0.242 e. The Bertz CT molecular complexity index is 598. The minimum absolute atomic E-state index is 0.0635. The van der Waals surface area contributed by atoms with Gasteiger partial charge in [-0.25, -0.2) is 0 Å². The highest BCUT2D eigenvalue weighted by molar-refractivity contribution is 7.10. The molecule has 0 aliphatic carbocycles. The Morgan fingerprint density at radius 3 is 2.83 bits per heavy atom. The van der Waals surface area contributed by atoms with Crippen LogP contribution in [-0.2, 0) is 16.0 Å². The van der Waals surface area contributed by atoms with E-state index in [1.54, 1.807) is 16.2 Å². The lowest BCUT2D eigenvalue weighted by molar-refractivity contribution is -0.130. The summed E-state index contributed by atoms with van der Waals surface area (Å²) in [5.74, 6) is 0.603. The van der Waals surface area contributed by atoms with Gasteiger partial charge in [0, 0.05) is 30.4 Å². The number of likely N-dealkylation sites (N-methyl/N-ethyl adjacent to an activating group) is 1. The minimum Gasteiger partial charge on any atom is -0.339 e. The number of carbonyl (C=O) groups excluding carboxylic acids is 2. The van der Waals surface area contributed by atoms with Crippen molar-refractivity contribution in [3.8, 4) is 0 Å². The van der Waals surface area contributed by atoms with Crippen LogP contribution in [0.15, 0.2) is 11.4 Å². The average molecular weight is 335 g/mol. The summed E-state index contributed by atoms with van der Waals surface area (Å²) in [6.45, 7) is 3.90. The fraction of sp³-hybridized carbons (Fsp3) is 0.647. The molecule has 0 unspecified atom stereocenters. The normalized spacial score (nSPS) is 25.0. The number of anilines is 1. The number of aryl methyl sites for hydroxylation is 1. The molecule has 2 aliphatic heterocycles. The molecule has 2 amide bonds. The highest BCUT2D eigenvalue weighted by Crippen LogP contribution is 2.31. The van der Waals surface area contributed by atoms with Gasteiger partial charge in [0.2, 0.25) is 11.8 Å². The fourth-order valence-electron chi connectivity index (χ4n) is 3.66. The van der Waals surface area contributed by atoms with E-state index >= 15 is 0 Å². The summed E-state index contributed by atoms with van der Waals surface area (Å²) in [5.41, 5.74) is 0.947. The third-order valence-corrected chi connectivity index (χ3v) is 5.96. The third-order valence-electron chi connectivity index (χ3n) is 4.99. The van der Waals surface area contributed by atoms with E-state index in [1.807, 2.05) is 16.3 Å². The van der Waals surface area contributed by atoms with Crippen LogP contribution in [0.2, 0.25) is 0 Å². The average Bonchev–Trinajstić information content (AvgIpc) is 3.08. The van der Waals surface area contributed by atoms with Crippen LogP contribution in [0.4, 0.5) is 5.69 Å². The van der Waals surface area contributed by atoms with Crippen LogP contribution in [-0.4, -0.2) is 61.4 Å². The van der Waals surface area contributed by atoms with Crippen LogP contribution in [0.25, 0.3) is 0 Å². The van der Waals surface area contributed by atoms with Crippen LogP contribution in [0.3, 0.4) is 0 Å². The molecule has 6 heteroatoms. The van der Waals surface area contributed by atoms with Crippen molar-refractivity contribution in [2.24, 2.45) is 5.92 Å². The number of fused-ring (bicyclic) bond motifs is 1. The minimum atomic E-state index is 0.0635. The van der Waals surface area contributed by atoms with E-state index in [2.05, 4.69) is 25.9 Å². The van der Waals surface area contributed by atoms with Crippen LogP contribution in [0, 0.1) is 5.92 Å². The maximum atomic E-state index is 12.7. The lowest BCUT2D eigenvalue weighted by Crippen LogP contribution is -2.43. The van der Waals surface area contributed by atoms with Crippen molar-refractivity contribution in [1.82, 2.24) is 9.80 Å². The SMILES string of the molecule is C[C@@H]1CN(C(=O)CN2C(=O)CCCc3sccc32)C[C@H]1N(C)C. The summed E-state index contributed by atoms with van der Waals surface area (Å²) in [4.78, 5) is 32.2. The van der Waals surface area contributed by atoms with Crippen molar-refractivity contribution in [3.63, 3.8) is 0 Å². The molecule has 23 heavy (non-hydrogen) atoms. The third kappa shape index (κ3) is 3.28. The van der Waals surface area contributed by atoms with E-state index in [0.29, 0.717) is 18.4 Å². The van der Waals surface area contributed by atoms with Crippen molar-refractivity contribution in [2.75, 3.05) is 38.6 Å². The molecule has 1 fully saturated rings. The maximum absolute atomic E-state index is 12.7. The first-order valence-corrected chi connectivity index (χ1v) is 9.16. The molecule has 5 nitrogen and oxygen atoms in total. The van der Waals surface area contributed by atoms with Gasteiger partial charge in [0.05, 0.1) is 5.69 Å². The molecule has 3 rings (SSSR count). The quantitative estimate of drug-likeness (QED) is 0.846. The molecule has 0 radical (unpaired) electrons. The predicted molar refractivity (Wildman–Crippen MR) is 92.8 cm³/mol. The van der Waals surface area contributed by atoms with E-state index < -0.39 is 0 Å². The number of hydrogen-bond acceptors (Lipinski definition) is 4. The standard InChI is InChI=1S/C17H25N3O2S/c1-12-9-19(10-14(12)18(2)3)17(22)11-20-13-7-8-23-15(13)5-4-6-16(20)21/h7-8,12,14H,4-6,9-11H2,1-3H3/t12-,14-/m1/s1. The Kier molecular flexibility index (Phi) is 4.73. The molecule has 2 atom stereocenters. The zero-order chi connectivity index (χ0) is 16.6. The second-order valence-electron chi connectivity index (χ2n) is 6.87. The number of rotatable bonds is 3. The number of thiophene rings is 1. The molecule has 0 bridgehead atoms. The molecular formula is C17H25N3O2S. The molecule has 0 aromatic carbocycles. The smallest absolute Gasteiger partial charge is 0.242 e. The molecular weight excluding hydrogens is 310 g/mol. The lowest BCUT2D eigenvalue weighted by atomic mass is 10.1. The first-order valence-electron chi connectivity index (χ1n) is 8.28. The second-order valence-corrected chi connectivity index (χ2v) is 7.87. The van der Waals surface area contributed by atoms with Gasteiger partial charge >= 0.3 is 0 Å². The Morgan fingerprint density at radius 1 is 1.35 bits per heavy atom. The summed E-state index contributed by atoms with van der Waals surface area (Å²) in [6.07, 6.45) is 2.35. The number of likely N-dealkylation sites (tertiary alicyclic amines) is 1. The fourth-order valence-corrected chi connectivity index (χ4v) is 4.59. The zero-order valence-corrected chi connectivity index (χ0v) is 14.9. The van der Waals surface area contributed by atoms with Gasteiger partial charge in [-0.2, -0.15) is 0 Å². The predicted octanol–water partition coefficient (Wildman–Crippen LogP) is 1.83. The topological polar surface area (TPSA) is 43.9 Å². The summed E-state index contributed by atoms with van der Waals surface area (Å²) in [7, 11) is 4.12. The molecule has 3 heterocycles. The molecule has 2 aliphatic rings. The lowest BCUT2D eigenvalue weighted by Gasteiger charge is -2.25. The Balaban J connectivity index is 1.72. The molecule has 126 valence electrons. The number of nitrogens with zero attached hydrogens (tertiary/aromatic N) is 3. The zero-order valence-electron chi connectivity index (χ0n) is 14.1. The van der Waals surface area contributed by atoms with Crippen molar-refractivity contribution >= 4 is 28.8 Å². The van der Waals surface area contributed by atoms with Crippen LogP contribution < -0.4 is 4.90 Å². The van der Waals surface area contributed by atoms with Crippen LogP contribution >= 0.6 is 11.3 Å². The van der Waals surface area contributed by atoms with Gasteiger partial charge in [-0.05, 0) is 44.3 Å². The molecule has 1 aromatic heterocycles. The summed E-state index contributed by atoms with van der Waals surface area (Å²) in [5, 5.41) is 2.01. The number of carbonyl (C=O) groups is 2. The monoisotopic (exact) mass is 335 g/mol. The first kappa shape index (κ1) is 16.5. The van der Waals surface area contributed by atoms with Gasteiger partial charge in [0.1, 0.15) is 6.54 Å². The first-order chi connectivity index (χ1) is 11.0. The molecule has 1 aromatic rings. The van der Waals surface area contributed by atoms with E-state index in [9.17, 15) is 9.59 Å². The largest absolute Gasteiger partial charge is 0.339 e. The van der Waals surface area contributed by atoms with Crippen molar-refractivity contribution < 1.29 is 9.59 Å². The van der Waals surface area contributed by atoms with Gasteiger partial charge in [0.25, 0.3) is 0 Å². The number of amides is 2. The van der Waals surface area contributed by atoms with E-state index in [-0.39, 0.29) is 18.4 Å². The Hall–Kier alpha value is -1.40. The van der Waals surface area contributed by atoms with Crippen molar-refractivity contribution in [3.05, 3.63) is 16.3 Å². The molecule has 0 N–H and O–H groups in total. The highest BCUT2D eigenvalue weighted by Gasteiger charge is 2.35. The van der Waals surface area contributed by atoms with E-state index in [1.165, 1.54) is 4.88 Å². The number of hydrogen-bond donors (Lipinski definition) is 0. The molecule has 0 saturated carbocycles. The van der Waals surface area contributed by atoms with Gasteiger partial charge in [-0.3, -0.25) is 9.59 Å². The Labute approximate surface area is 141 Å². The van der Waals surface area contributed by atoms with Gasteiger partial charge in [0.15, 0.2) is 0 Å².